The van der Waals surface area contributed by atoms with Gasteiger partial charge in [0.15, 0.2) is 0 Å². The lowest BCUT2D eigenvalue weighted by molar-refractivity contribution is 0.102. The predicted molar refractivity (Wildman–Crippen MR) is 100 cm³/mol. The lowest BCUT2D eigenvalue weighted by Gasteiger charge is -2.09. The van der Waals surface area contributed by atoms with Gasteiger partial charge in [-0.15, -0.1) is 0 Å². The van der Waals surface area contributed by atoms with E-state index in [0.29, 0.717) is 11.4 Å². The molecule has 26 heavy (non-hydrogen) atoms. The number of rotatable bonds is 5. The smallest absolute Gasteiger partial charge is 0.275 e. The Balaban J connectivity index is 1.68. The van der Waals surface area contributed by atoms with Crippen molar-refractivity contribution in [2.24, 2.45) is 0 Å². The van der Waals surface area contributed by atoms with E-state index in [1.165, 1.54) is 12.4 Å². The quantitative estimate of drug-likeness (QED) is 0.733. The number of carbonyl (C=O) groups excluding carboxylic acids is 1. The molecule has 1 aromatic heterocycles. The van der Waals surface area contributed by atoms with E-state index in [4.69, 9.17) is 5.26 Å². The zero-order valence-corrected chi connectivity index (χ0v) is 14.2. The number of benzene rings is 2. The Morgan fingerprint density at radius 1 is 1.08 bits per heavy atom. The van der Waals surface area contributed by atoms with E-state index >= 15 is 0 Å². The molecule has 0 radical (unpaired) electrons. The first-order chi connectivity index (χ1) is 12.7. The third kappa shape index (κ3) is 4.02. The van der Waals surface area contributed by atoms with Crippen LogP contribution in [0.2, 0.25) is 0 Å². The minimum absolute atomic E-state index is 0.237. The summed E-state index contributed by atoms with van der Waals surface area (Å²) in [5, 5.41) is 14.8. The lowest BCUT2D eigenvalue weighted by Crippen LogP contribution is -2.15. The van der Waals surface area contributed by atoms with E-state index in [1.54, 1.807) is 24.3 Å². The summed E-state index contributed by atoms with van der Waals surface area (Å²) in [6.07, 6.45) is 3.75. The van der Waals surface area contributed by atoms with Gasteiger partial charge < -0.3 is 10.6 Å². The van der Waals surface area contributed by atoms with Crippen LogP contribution in [0.15, 0.2) is 60.9 Å². The Morgan fingerprint density at radius 3 is 2.50 bits per heavy atom. The summed E-state index contributed by atoms with van der Waals surface area (Å²) in [5.41, 5.74) is 3.45. The van der Waals surface area contributed by atoms with Crippen molar-refractivity contribution in [1.82, 2.24) is 9.97 Å². The van der Waals surface area contributed by atoms with Crippen molar-refractivity contribution < 1.29 is 4.79 Å². The minimum Gasteiger partial charge on any atom is -0.339 e. The number of amides is 1. The van der Waals surface area contributed by atoms with Gasteiger partial charge in [0.25, 0.3) is 5.91 Å². The Kier molecular flexibility index (Phi) is 5.20. The number of nitriles is 1. The maximum absolute atomic E-state index is 12.4. The van der Waals surface area contributed by atoms with Gasteiger partial charge in [-0.05, 0) is 42.3 Å². The molecule has 128 valence electrons. The SMILES string of the molecule is CCc1ccccc1NC(=O)c1cnc(Nc2ccc(C#N)cc2)cn1. The van der Waals surface area contributed by atoms with Crippen molar-refractivity contribution in [3.63, 3.8) is 0 Å². The molecule has 6 heteroatoms. The van der Waals surface area contributed by atoms with Gasteiger partial charge in [0.05, 0.1) is 24.0 Å². The summed E-state index contributed by atoms with van der Waals surface area (Å²) in [4.78, 5) is 20.8. The fourth-order valence-electron chi connectivity index (χ4n) is 2.42. The normalized spacial score (nSPS) is 10.0. The van der Waals surface area contributed by atoms with Crippen LogP contribution in [-0.2, 0) is 6.42 Å². The highest BCUT2D eigenvalue weighted by atomic mass is 16.1. The molecule has 0 bridgehead atoms. The number of nitrogens with zero attached hydrogens (tertiary/aromatic N) is 3. The van der Waals surface area contributed by atoms with Gasteiger partial charge in [0.2, 0.25) is 0 Å². The molecule has 0 spiro atoms. The number of anilines is 3. The molecule has 3 aromatic rings. The van der Waals surface area contributed by atoms with Gasteiger partial charge in [0, 0.05) is 11.4 Å². The molecular weight excluding hydrogens is 326 g/mol. The fraction of sp³-hybridized carbons (Fsp3) is 0.100. The Hall–Kier alpha value is -3.72. The average Bonchev–Trinajstić information content (AvgIpc) is 2.69. The molecule has 0 aliphatic carbocycles. The molecule has 6 nitrogen and oxygen atoms in total. The molecule has 0 aliphatic heterocycles. The fourth-order valence-corrected chi connectivity index (χ4v) is 2.42. The van der Waals surface area contributed by atoms with E-state index in [0.717, 1.165) is 23.4 Å². The van der Waals surface area contributed by atoms with Gasteiger partial charge in [-0.3, -0.25) is 4.79 Å². The third-order valence-corrected chi connectivity index (χ3v) is 3.82. The molecule has 0 saturated heterocycles. The van der Waals surface area contributed by atoms with Crippen molar-refractivity contribution in [3.05, 3.63) is 77.7 Å². The molecule has 1 heterocycles. The van der Waals surface area contributed by atoms with Crippen LogP contribution in [0.5, 0.6) is 0 Å². The topological polar surface area (TPSA) is 90.7 Å². The Labute approximate surface area is 151 Å². The van der Waals surface area contributed by atoms with Crippen LogP contribution < -0.4 is 10.6 Å². The second-order valence-corrected chi connectivity index (χ2v) is 5.57. The second kappa shape index (κ2) is 7.90. The van der Waals surface area contributed by atoms with E-state index in [1.807, 2.05) is 31.2 Å². The van der Waals surface area contributed by atoms with E-state index < -0.39 is 0 Å². The summed E-state index contributed by atoms with van der Waals surface area (Å²) >= 11 is 0. The highest BCUT2D eigenvalue weighted by Gasteiger charge is 2.10. The molecule has 2 aromatic carbocycles. The van der Waals surface area contributed by atoms with Crippen molar-refractivity contribution >= 4 is 23.1 Å². The molecule has 2 N–H and O–H groups in total. The molecule has 0 unspecified atom stereocenters. The largest absolute Gasteiger partial charge is 0.339 e. The molecule has 0 aliphatic rings. The molecular formula is C20H17N5O. The van der Waals surface area contributed by atoms with Gasteiger partial charge in [-0.25, -0.2) is 9.97 Å². The molecule has 1 amide bonds. The van der Waals surface area contributed by atoms with Crippen LogP contribution >= 0.6 is 0 Å². The Morgan fingerprint density at radius 2 is 1.85 bits per heavy atom. The van der Waals surface area contributed by atoms with Crippen LogP contribution in [0.4, 0.5) is 17.2 Å². The van der Waals surface area contributed by atoms with E-state index in [2.05, 4.69) is 26.7 Å². The highest BCUT2D eigenvalue weighted by molar-refractivity contribution is 6.03. The number of hydrogen-bond acceptors (Lipinski definition) is 5. The van der Waals surface area contributed by atoms with Crippen molar-refractivity contribution in [1.29, 1.82) is 5.26 Å². The summed E-state index contributed by atoms with van der Waals surface area (Å²) in [6.45, 7) is 2.04. The number of nitrogens with one attached hydrogen (secondary N) is 2. The summed E-state index contributed by atoms with van der Waals surface area (Å²) in [7, 11) is 0. The minimum atomic E-state index is -0.302. The average molecular weight is 343 g/mol. The maximum Gasteiger partial charge on any atom is 0.275 e. The van der Waals surface area contributed by atoms with Gasteiger partial charge >= 0.3 is 0 Å². The van der Waals surface area contributed by atoms with Crippen LogP contribution in [0.25, 0.3) is 0 Å². The zero-order chi connectivity index (χ0) is 18.4. The van der Waals surface area contributed by atoms with Crippen molar-refractivity contribution in [2.75, 3.05) is 10.6 Å². The highest BCUT2D eigenvalue weighted by Crippen LogP contribution is 2.17. The number of para-hydroxylation sites is 1. The monoisotopic (exact) mass is 343 g/mol. The molecule has 3 rings (SSSR count). The van der Waals surface area contributed by atoms with Crippen LogP contribution in [-0.4, -0.2) is 15.9 Å². The first-order valence-electron chi connectivity index (χ1n) is 8.18. The number of carbonyl (C=O) groups is 1. The second-order valence-electron chi connectivity index (χ2n) is 5.57. The summed E-state index contributed by atoms with van der Waals surface area (Å²) in [6, 6.07) is 16.7. The molecule has 0 saturated carbocycles. The first kappa shape index (κ1) is 17.1. The predicted octanol–water partition coefficient (Wildman–Crippen LogP) is 3.91. The molecule has 0 fully saturated rings. The van der Waals surface area contributed by atoms with Crippen molar-refractivity contribution in [3.8, 4) is 6.07 Å². The number of hydrogen-bond donors (Lipinski definition) is 2. The van der Waals surface area contributed by atoms with Crippen LogP contribution in [0.1, 0.15) is 28.5 Å². The van der Waals surface area contributed by atoms with Crippen LogP contribution in [0, 0.1) is 11.3 Å². The van der Waals surface area contributed by atoms with Gasteiger partial charge in [-0.2, -0.15) is 5.26 Å². The Bertz CT molecular complexity index is 943. The molecule has 0 atom stereocenters. The first-order valence-corrected chi connectivity index (χ1v) is 8.18. The van der Waals surface area contributed by atoms with Gasteiger partial charge in [0.1, 0.15) is 11.5 Å². The van der Waals surface area contributed by atoms with E-state index in [9.17, 15) is 4.79 Å². The zero-order valence-electron chi connectivity index (χ0n) is 14.2. The standard InChI is InChI=1S/C20H17N5O/c1-2-15-5-3-4-6-17(15)25-20(26)18-12-23-19(13-22-18)24-16-9-7-14(11-21)8-10-16/h3-10,12-13H,2H2,1H3,(H,23,24)(H,25,26). The third-order valence-electron chi connectivity index (χ3n) is 3.82. The lowest BCUT2D eigenvalue weighted by atomic mass is 10.1. The summed E-state index contributed by atoms with van der Waals surface area (Å²) in [5.74, 6) is 0.212. The maximum atomic E-state index is 12.4. The summed E-state index contributed by atoms with van der Waals surface area (Å²) < 4.78 is 0. The van der Waals surface area contributed by atoms with Crippen molar-refractivity contribution in [2.45, 2.75) is 13.3 Å². The number of aryl methyl sites for hydroxylation is 1. The van der Waals surface area contributed by atoms with Gasteiger partial charge in [-0.1, -0.05) is 25.1 Å². The van der Waals surface area contributed by atoms with E-state index in [-0.39, 0.29) is 11.6 Å². The number of aromatic nitrogens is 2. The van der Waals surface area contributed by atoms with Crippen LogP contribution in [0.3, 0.4) is 0 Å².